The van der Waals surface area contributed by atoms with Crippen molar-refractivity contribution in [2.45, 2.75) is 0 Å². The fraction of sp³-hybridized carbons (Fsp3) is 0. The summed E-state index contributed by atoms with van der Waals surface area (Å²) in [7, 11) is 0. The number of nitriles is 1. The normalized spacial score (nSPS) is 9.38. The van der Waals surface area contributed by atoms with Gasteiger partial charge in [-0.05, 0) is 46.3 Å². The molecule has 0 N–H and O–H groups in total. The molecule has 1 rings (SSSR count). The van der Waals surface area contributed by atoms with Crippen molar-refractivity contribution in [3.63, 3.8) is 0 Å². The first-order chi connectivity index (χ1) is 6.06. The maximum Gasteiger partial charge on any atom is 0.252 e. The highest BCUT2D eigenvalue weighted by molar-refractivity contribution is 14.1. The van der Waals surface area contributed by atoms with E-state index in [9.17, 15) is 9.18 Å². The summed E-state index contributed by atoms with van der Waals surface area (Å²) in [4.78, 5) is 10.7. The molecule has 0 aliphatic rings. The lowest BCUT2D eigenvalue weighted by Crippen LogP contribution is -1.96. The Kier molecular flexibility index (Phi) is 3.22. The lowest BCUT2D eigenvalue weighted by atomic mass is 10.1. The van der Waals surface area contributed by atoms with E-state index in [4.69, 9.17) is 16.9 Å². The van der Waals surface area contributed by atoms with Gasteiger partial charge in [-0.3, -0.25) is 4.79 Å². The van der Waals surface area contributed by atoms with E-state index in [0.717, 1.165) is 6.07 Å². The Morgan fingerprint density at radius 1 is 1.62 bits per heavy atom. The molecule has 0 aliphatic heterocycles. The molecule has 13 heavy (non-hydrogen) atoms. The monoisotopic (exact) mass is 309 g/mol. The first kappa shape index (κ1) is 10.4. The Bertz CT molecular complexity index is 390. The second kappa shape index (κ2) is 4.03. The Balaban J connectivity index is 3.39. The SMILES string of the molecule is N#Cc1c(F)cc(C(=O)Cl)cc1I. The van der Waals surface area contributed by atoms with Crippen molar-refractivity contribution >= 4 is 39.4 Å². The summed E-state index contributed by atoms with van der Waals surface area (Å²) in [5, 5.41) is 7.78. The molecule has 0 radical (unpaired) electrons. The van der Waals surface area contributed by atoms with Crippen molar-refractivity contribution in [2.75, 3.05) is 0 Å². The van der Waals surface area contributed by atoms with Gasteiger partial charge in [0.2, 0.25) is 0 Å². The highest BCUT2D eigenvalue weighted by Gasteiger charge is 2.11. The lowest BCUT2D eigenvalue weighted by Gasteiger charge is -1.99. The van der Waals surface area contributed by atoms with E-state index < -0.39 is 11.1 Å². The molecule has 0 saturated heterocycles. The highest BCUT2D eigenvalue weighted by Crippen LogP contribution is 2.18. The van der Waals surface area contributed by atoms with Crippen LogP contribution in [0.25, 0.3) is 0 Å². The largest absolute Gasteiger partial charge is 0.276 e. The minimum Gasteiger partial charge on any atom is -0.276 e. The fourth-order valence-corrected chi connectivity index (χ4v) is 1.62. The van der Waals surface area contributed by atoms with Crippen LogP contribution in [0, 0.1) is 20.7 Å². The van der Waals surface area contributed by atoms with Gasteiger partial charge in [-0.15, -0.1) is 0 Å². The molecule has 0 amide bonds. The van der Waals surface area contributed by atoms with E-state index in [1.807, 2.05) is 0 Å². The Morgan fingerprint density at radius 3 is 2.62 bits per heavy atom. The fourth-order valence-electron chi connectivity index (χ4n) is 0.793. The average Bonchev–Trinajstić information content (AvgIpc) is 2.03. The van der Waals surface area contributed by atoms with Gasteiger partial charge in [0.1, 0.15) is 17.4 Å². The quantitative estimate of drug-likeness (QED) is 0.591. The van der Waals surface area contributed by atoms with Crippen LogP contribution < -0.4 is 0 Å². The second-order valence-electron chi connectivity index (χ2n) is 2.20. The minimum atomic E-state index is -0.735. The molecular formula is C8H2ClFINO. The van der Waals surface area contributed by atoms with E-state index in [1.165, 1.54) is 6.07 Å². The number of benzene rings is 1. The van der Waals surface area contributed by atoms with Crippen molar-refractivity contribution in [1.82, 2.24) is 0 Å². The van der Waals surface area contributed by atoms with Crippen molar-refractivity contribution < 1.29 is 9.18 Å². The van der Waals surface area contributed by atoms with E-state index in [1.54, 1.807) is 28.7 Å². The van der Waals surface area contributed by atoms with Crippen LogP contribution in [0.15, 0.2) is 12.1 Å². The third-order valence-electron chi connectivity index (χ3n) is 1.38. The molecule has 5 heteroatoms. The van der Waals surface area contributed by atoms with E-state index in [-0.39, 0.29) is 11.1 Å². The van der Waals surface area contributed by atoms with Crippen LogP contribution in [0.2, 0.25) is 0 Å². The molecule has 0 bridgehead atoms. The summed E-state index contributed by atoms with van der Waals surface area (Å²) in [5.74, 6) is -0.724. The van der Waals surface area contributed by atoms with Gasteiger partial charge in [0, 0.05) is 9.13 Å². The van der Waals surface area contributed by atoms with Gasteiger partial charge in [0.25, 0.3) is 5.24 Å². The molecule has 1 aromatic carbocycles. The Hall–Kier alpha value is -0.670. The molecule has 0 aromatic heterocycles. The van der Waals surface area contributed by atoms with Crippen LogP contribution in [-0.2, 0) is 0 Å². The Morgan fingerprint density at radius 2 is 2.23 bits per heavy atom. The maximum atomic E-state index is 13.0. The number of rotatable bonds is 1. The second-order valence-corrected chi connectivity index (χ2v) is 3.71. The summed E-state index contributed by atoms with van der Waals surface area (Å²) < 4.78 is 13.4. The summed E-state index contributed by atoms with van der Waals surface area (Å²) in [6, 6.07) is 4.02. The predicted octanol–water partition coefficient (Wildman–Crippen LogP) is 2.68. The highest BCUT2D eigenvalue weighted by atomic mass is 127. The molecule has 0 saturated carbocycles. The molecule has 0 fully saturated rings. The molecule has 0 unspecified atom stereocenters. The van der Waals surface area contributed by atoms with Gasteiger partial charge in [0.15, 0.2) is 0 Å². The van der Waals surface area contributed by atoms with Gasteiger partial charge >= 0.3 is 0 Å². The number of halogens is 3. The van der Waals surface area contributed by atoms with Crippen molar-refractivity contribution in [2.24, 2.45) is 0 Å². The first-order valence-electron chi connectivity index (χ1n) is 3.15. The first-order valence-corrected chi connectivity index (χ1v) is 4.61. The lowest BCUT2D eigenvalue weighted by molar-refractivity contribution is 0.108. The van der Waals surface area contributed by atoms with Crippen LogP contribution in [-0.4, -0.2) is 5.24 Å². The predicted molar refractivity (Wildman–Crippen MR) is 54.0 cm³/mol. The van der Waals surface area contributed by atoms with Crippen LogP contribution in [0.1, 0.15) is 15.9 Å². The van der Waals surface area contributed by atoms with Crippen molar-refractivity contribution in [3.8, 4) is 6.07 Å². The minimum absolute atomic E-state index is 0.0579. The summed E-state index contributed by atoms with van der Waals surface area (Å²) in [5.41, 5.74) is -0.00941. The molecule has 0 atom stereocenters. The van der Waals surface area contributed by atoms with Gasteiger partial charge in [-0.2, -0.15) is 5.26 Å². The van der Waals surface area contributed by atoms with Gasteiger partial charge in [-0.1, -0.05) is 0 Å². The number of carbonyl (C=O) groups is 1. The summed E-state index contributed by atoms with van der Waals surface area (Å²) in [6.07, 6.45) is 0. The smallest absolute Gasteiger partial charge is 0.252 e. The molecule has 0 aliphatic carbocycles. The van der Waals surface area contributed by atoms with Gasteiger partial charge < -0.3 is 0 Å². The van der Waals surface area contributed by atoms with E-state index in [0.29, 0.717) is 3.57 Å². The molecular weight excluding hydrogens is 307 g/mol. The van der Waals surface area contributed by atoms with Crippen LogP contribution in [0.3, 0.4) is 0 Å². The van der Waals surface area contributed by atoms with E-state index in [2.05, 4.69) is 0 Å². The molecule has 0 spiro atoms. The zero-order valence-electron chi connectivity index (χ0n) is 6.14. The third-order valence-corrected chi connectivity index (χ3v) is 2.45. The summed E-state index contributed by atoms with van der Waals surface area (Å²) >= 11 is 6.92. The Labute approximate surface area is 92.4 Å². The van der Waals surface area contributed by atoms with Gasteiger partial charge in [0.05, 0.1) is 0 Å². The van der Waals surface area contributed by atoms with Crippen molar-refractivity contribution in [3.05, 3.63) is 32.6 Å². The van der Waals surface area contributed by atoms with E-state index >= 15 is 0 Å². The van der Waals surface area contributed by atoms with Crippen LogP contribution >= 0.6 is 34.2 Å². The maximum absolute atomic E-state index is 13.0. The topological polar surface area (TPSA) is 40.9 Å². The summed E-state index contributed by atoms with van der Waals surface area (Å²) in [6.45, 7) is 0. The molecule has 2 nitrogen and oxygen atoms in total. The number of hydrogen-bond acceptors (Lipinski definition) is 2. The average molecular weight is 309 g/mol. The zero-order chi connectivity index (χ0) is 10.0. The van der Waals surface area contributed by atoms with Crippen LogP contribution in [0.4, 0.5) is 4.39 Å². The van der Waals surface area contributed by atoms with Gasteiger partial charge in [-0.25, -0.2) is 4.39 Å². The molecule has 66 valence electrons. The molecule has 0 heterocycles. The van der Waals surface area contributed by atoms with Crippen molar-refractivity contribution in [1.29, 1.82) is 5.26 Å². The molecule has 1 aromatic rings. The third kappa shape index (κ3) is 2.17. The zero-order valence-corrected chi connectivity index (χ0v) is 9.06. The van der Waals surface area contributed by atoms with Crippen LogP contribution in [0.5, 0.6) is 0 Å². The number of nitrogens with zero attached hydrogens (tertiary/aromatic N) is 1. The number of hydrogen-bond donors (Lipinski definition) is 0. The standard InChI is InChI=1S/C8H2ClFINO/c9-8(13)4-1-6(10)5(3-12)7(11)2-4/h1-2H. The number of carbonyl (C=O) groups excluding carboxylic acids is 1.